The standard InChI is InChI=1S/C18H37N/c1-7-15-9-11-17(13-19-18(4,5)6)16(12-15)10-8-14(2)3/h14-17,19H,7-13H2,1-6H3. The fourth-order valence-electron chi connectivity index (χ4n) is 3.40. The summed E-state index contributed by atoms with van der Waals surface area (Å²) < 4.78 is 0. The van der Waals surface area contributed by atoms with Crippen LogP contribution < -0.4 is 5.32 Å². The zero-order valence-corrected chi connectivity index (χ0v) is 14.3. The van der Waals surface area contributed by atoms with Gasteiger partial charge >= 0.3 is 0 Å². The molecule has 3 atom stereocenters. The Morgan fingerprint density at radius 3 is 2.32 bits per heavy atom. The number of hydrogen-bond donors (Lipinski definition) is 1. The Balaban J connectivity index is 2.50. The molecular weight excluding hydrogens is 230 g/mol. The highest BCUT2D eigenvalue weighted by Gasteiger charge is 2.30. The molecule has 114 valence electrons. The van der Waals surface area contributed by atoms with E-state index in [0.29, 0.717) is 0 Å². The van der Waals surface area contributed by atoms with E-state index in [1.54, 1.807) is 0 Å². The maximum Gasteiger partial charge on any atom is 0.00966 e. The summed E-state index contributed by atoms with van der Waals surface area (Å²) in [5.41, 5.74) is 0.268. The molecule has 1 N–H and O–H groups in total. The van der Waals surface area contributed by atoms with Gasteiger partial charge in [-0.2, -0.15) is 0 Å². The van der Waals surface area contributed by atoms with Gasteiger partial charge in [-0.3, -0.25) is 0 Å². The Kier molecular flexibility index (Phi) is 6.86. The molecule has 1 aliphatic rings. The number of hydrogen-bond acceptors (Lipinski definition) is 1. The van der Waals surface area contributed by atoms with Crippen molar-refractivity contribution in [2.24, 2.45) is 23.7 Å². The topological polar surface area (TPSA) is 12.0 Å². The summed E-state index contributed by atoms with van der Waals surface area (Å²) in [5.74, 6) is 3.75. The van der Waals surface area contributed by atoms with Gasteiger partial charge in [-0.15, -0.1) is 0 Å². The molecule has 1 aliphatic carbocycles. The number of rotatable bonds is 6. The molecule has 1 heteroatoms. The highest BCUT2D eigenvalue weighted by molar-refractivity contribution is 4.83. The van der Waals surface area contributed by atoms with Crippen LogP contribution in [-0.4, -0.2) is 12.1 Å². The Hall–Kier alpha value is -0.0400. The minimum Gasteiger partial charge on any atom is -0.312 e. The molecule has 0 heterocycles. The molecular formula is C18H37N. The van der Waals surface area contributed by atoms with E-state index in [1.165, 1.54) is 45.1 Å². The highest BCUT2D eigenvalue weighted by atomic mass is 14.9. The van der Waals surface area contributed by atoms with E-state index in [0.717, 1.165) is 23.7 Å². The minimum absolute atomic E-state index is 0.268. The first-order valence-corrected chi connectivity index (χ1v) is 8.56. The van der Waals surface area contributed by atoms with E-state index in [4.69, 9.17) is 0 Å². The fraction of sp³-hybridized carbons (Fsp3) is 1.00. The van der Waals surface area contributed by atoms with Gasteiger partial charge in [0.15, 0.2) is 0 Å². The van der Waals surface area contributed by atoms with E-state index >= 15 is 0 Å². The Bertz CT molecular complexity index is 239. The van der Waals surface area contributed by atoms with Crippen molar-refractivity contribution in [3.05, 3.63) is 0 Å². The van der Waals surface area contributed by atoms with Crippen LogP contribution in [0, 0.1) is 23.7 Å². The zero-order chi connectivity index (χ0) is 14.5. The predicted octanol–water partition coefficient (Wildman–Crippen LogP) is 5.25. The van der Waals surface area contributed by atoms with Gasteiger partial charge in [-0.05, 0) is 70.3 Å². The van der Waals surface area contributed by atoms with Gasteiger partial charge in [0.25, 0.3) is 0 Å². The maximum absolute atomic E-state index is 3.74. The van der Waals surface area contributed by atoms with Crippen molar-refractivity contribution in [3.63, 3.8) is 0 Å². The van der Waals surface area contributed by atoms with E-state index in [-0.39, 0.29) is 5.54 Å². The lowest BCUT2D eigenvalue weighted by molar-refractivity contribution is 0.149. The summed E-state index contributed by atoms with van der Waals surface area (Å²) in [6.45, 7) is 15.2. The lowest BCUT2D eigenvalue weighted by Gasteiger charge is -2.38. The van der Waals surface area contributed by atoms with Crippen LogP contribution in [0.25, 0.3) is 0 Å². The number of nitrogens with one attached hydrogen (secondary N) is 1. The van der Waals surface area contributed by atoms with Crippen molar-refractivity contribution in [2.45, 2.75) is 85.6 Å². The summed E-state index contributed by atoms with van der Waals surface area (Å²) in [7, 11) is 0. The van der Waals surface area contributed by atoms with E-state index in [9.17, 15) is 0 Å². The van der Waals surface area contributed by atoms with Gasteiger partial charge in [0.2, 0.25) is 0 Å². The third kappa shape index (κ3) is 6.79. The van der Waals surface area contributed by atoms with Crippen molar-refractivity contribution in [3.8, 4) is 0 Å². The van der Waals surface area contributed by atoms with Gasteiger partial charge in [0, 0.05) is 5.54 Å². The molecule has 0 bridgehead atoms. The largest absolute Gasteiger partial charge is 0.312 e. The maximum atomic E-state index is 3.74. The summed E-state index contributed by atoms with van der Waals surface area (Å²) in [6.07, 6.45) is 8.64. The molecule has 0 spiro atoms. The third-order valence-corrected chi connectivity index (χ3v) is 4.84. The Morgan fingerprint density at radius 2 is 1.79 bits per heavy atom. The molecule has 0 saturated heterocycles. The molecule has 19 heavy (non-hydrogen) atoms. The average Bonchev–Trinajstić information content (AvgIpc) is 2.33. The monoisotopic (exact) mass is 267 g/mol. The van der Waals surface area contributed by atoms with Crippen molar-refractivity contribution < 1.29 is 0 Å². The normalized spacial score (nSPS) is 28.9. The molecule has 1 rings (SSSR count). The predicted molar refractivity (Wildman–Crippen MR) is 86.4 cm³/mol. The third-order valence-electron chi connectivity index (χ3n) is 4.84. The van der Waals surface area contributed by atoms with Crippen molar-refractivity contribution in [1.82, 2.24) is 5.32 Å². The Labute approximate surface area is 121 Å². The summed E-state index contributed by atoms with van der Waals surface area (Å²) in [6, 6.07) is 0. The van der Waals surface area contributed by atoms with Crippen LogP contribution in [0.1, 0.15) is 80.1 Å². The van der Waals surface area contributed by atoms with Gasteiger partial charge in [-0.25, -0.2) is 0 Å². The smallest absolute Gasteiger partial charge is 0.00966 e. The van der Waals surface area contributed by atoms with E-state index in [1.807, 2.05) is 0 Å². The Morgan fingerprint density at radius 1 is 1.11 bits per heavy atom. The average molecular weight is 268 g/mol. The lowest BCUT2D eigenvalue weighted by Crippen LogP contribution is -2.42. The fourth-order valence-corrected chi connectivity index (χ4v) is 3.40. The van der Waals surface area contributed by atoms with Gasteiger partial charge in [0.1, 0.15) is 0 Å². The van der Waals surface area contributed by atoms with E-state index < -0.39 is 0 Å². The summed E-state index contributed by atoms with van der Waals surface area (Å²) >= 11 is 0. The molecule has 0 aromatic carbocycles. The van der Waals surface area contributed by atoms with Crippen LogP contribution in [0.4, 0.5) is 0 Å². The molecule has 0 aliphatic heterocycles. The summed E-state index contributed by atoms with van der Waals surface area (Å²) in [5, 5.41) is 3.74. The van der Waals surface area contributed by atoms with Crippen LogP contribution in [-0.2, 0) is 0 Å². The second-order valence-electron chi connectivity index (χ2n) is 8.21. The molecule has 0 aromatic heterocycles. The molecule has 1 saturated carbocycles. The molecule has 0 radical (unpaired) electrons. The first-order valence-electron chi connectivity index (χ1n) is 8.56. The second kappa shape index (κ2) is 7.67. The van der Waals surface area contributed by atoms with Gasteiger partial charge in [-0.1, -0.05) is 40.0 Å². The summed E-state index contributed by atoms with van der Waals surface area (Å²) in [4.78, 5) is 0. The lowest BCUT2D eigenvalue weighted by atomic mass is 9.71. The first-order chi connectivity index (χ1) is 8.81. The van der Waals surface area contributed by atoms with Gasteiger partial charge in [0.05, 0.1) is 0 Å². The molecule has 1 nitrogen and oxygen atoms in total. The second-order valence-corrected chi connectivity index (χ2v) is 8.21. The molecule has 0 amide bonds. The molecule has 1 fully saturated rings. The zero-order valence-electron chi connectivity index (χ0n) is 14.3. The minimum atomic E-state index is 0.268. The van der Waals surface area contributed by atoms with Crippen LogP contribution in [0.3, 0.4) is 0 Å². The van der Waals surface area contributed by atoms with Crippen molar-refractivity contribution in [1.29, 1.82) is 0 Å². The quantitative estimate of drug-likeness (QED) is 0.693. The van der Waals surface area contributed by atoms with Crippen LogP contribution >= 0.6 is 0 Å². The first kappa shape index (κ1) is 17.0. The van der Waals surface area contributed by atoms with Crippen LogP contribution in [0.2, 0.25) is 0 Å². The highest BCUT2D eigenvalue weighted by Crippen LogP contribution is 2.38. The van der Waals surface area contributed by atoms with Crippen LogP contribution in [0.15, 0.2) is 0 Å². The molecule has 0 aromatic rings. The van der Waals surface area contributed by atoms with Gasteiger partial charge < -0.3 is 5.32 Å². The van der Waals surface area contributed by atoms with E-state index in [2.05, 4.69) is 46.9 Å². The van der Waals surface area contributed by atoms with Crippen LogP contribution in [0.5, 0.6) is 0 Å². The van der Waals surface area contributed by atoms with Crippen molar-refractivity contribution in [2.75, 3.05) is 6.54 Å². The molecule has 3 unspecified atom stereocenters. The SMILES string of the molecule is CCC1CCC(CNC(C)(C)C)C(CCC(C)C)C1. The van der Waals surface area contributed by atoms with Crippen molar-refractivity contribution >= 4 is 0 Å².